The molecule has 8 amide bonds. The van der Waals surface area contributed by atoms with Gasteiger partial charge in [-0.2, -0.15) is 0 Å². The zero-order valence-corrected chi connectivity index (χ0v) is 29.5. The van der Waals surface area contributed by atoms with Crippen molar-refractivity contribution in [1.29, 1.82) is 0 Å². The van der Waals surface area contributed by atoms with Crippen LogP contribution in [-0.2, 0) is 38.4 Å². The Morgan fingerprint density at radius 3 is 1.98 bits per heavy atom. The minimum atomic E-state index is -1.47. The van der Waals surface area contributed by atoms with E-state index in [1.54, 1.807) is 6.92 Å². The smallest absolute Gasteiger partial charge is 0.245 e. The number of carbonyl (C=O) groups is 8. The summed E-state index contributed by atoms with van der Waals surface area (Å²) in [7, 11) is 3.91. The van der Waals surface area contributed by atoms with Crippen molar-refractivity contribution in [2.45, 2.75) is 109 Å². The first kappa shape index (κ1) is 41.7. The van der Waals surface area contributed by atoms with Crippen LogP contribution in [0, 0.1) is 0 Å². The van der Waals surface area contributed by atoms with Crippen LogP contribution in [0.4, 0.5) is 0 Å². The first-order valence-electron chi connectivity index (χ1n) is 16.2. The second-order valence-electron chi connectivity index (χ2n) is 13.5. The van der Waals surface area contributed by atoms with Crippen LogP contribution < -0.4 is 42.5 Å². The van der Waals surface area contributed by atoms with Crippen LogP contribution in [0.5, 0.6) is 0 Å². The van der Waals surface area contributed by atoms with Crippen LogP contribution in [0.1, 0.15) is 80.1 Å². The fourth-order valence-corrected chi connectivity index (χ4v) is 5.00. The van der Waals surface area contributed by atoms with Gasteiger partial charge in [-0.25, -0.2) is 0 Å². The van der Waals surface area contributed by atoms with E-state index in [9.17, 15) is 38.4 Å². The van der Waals surface area contributed by atoms with Crippen molar-refractivity contribution in [3.63, 3.8) is 0 Å². The van der Waals surface area contributed by atoms with Crippen molar-refractivity contribution in [2.24, 2.45) is 0 Å². The van der Waals surface area contributed by atoms with E-state index in [4.69, 9.17) is 0 Å². The van der Waals surface area contributed by atoms with Gasteiger partial charge in [0.2, 0.25) is 47.8 Å². The maximum absolute atomic E-state index is 13.1. The predicted octanol–water partition coefficient (Wildman–Crippen LogP) is -2.47. The number of hydrogen-bond acceptors (Lipinski definition) is 9. The maximum atomic E-state index is 13.1. The quantitative estimate of drug-likeness (QED) is 0.0599. The molecule has 17 heteroatoms. The average Bonchev–Trinajstić information content (AvgIpc) is 2.96. The standard InChI is InChI=1S/C31H55N9O8/c1-9-11-21(36-23(43)17-34-27(47)29(3,4)37-24(44)16-32-19-41)26(46)39-30(5,6)28(48)35-20(2)25(45)33-15-12-22(42)38-31(13-10-14-31)18-40(7)8/h19-21H,9-18H2,1-8H3,(H,32,41)(H,33,45)(H,34,47)(H,35,48)(H,36,43)(H,37,44)(H,38,42)(H,39,46)/t20?,21-/m0/s1. The van der Waals surface area contributed by atoms with Crippen LogP contribution in [0.15, 0.2) is 0 Å². The molecule has 8 N–H and O–H groups in total. The topological polar surface area (TPSA) is 236 Å². The van der Waals surface area contributed by atoms with E-state index < -0.39 is 65.1 Å². The Bertz CT molecular complexity index is 1180. The summed E-state index contributed by atoms with van der Waals surface area (Å²) >= 11 is 0. The van der Waals surface area contributed by atoms with Gasteiger partial charge in [0.15, 0.2) is 0 Å². The lowest BCUT2D eigenvalue weighted by atomic mass is 9.76. The SMILES string of the molecule is CCC[C@H](NC(=O)CNC(=O)C(C)(C)NC(=O)CNC=O)C(=O)NC(C)(C)C(=O)NC(C)C(=O)NCCC(=O)NC1(CN(C)C)CCC1. The Hall–Kier alpha value is -4.28. The number of carbonyl (C=O) groups excluding carboxylic acids is 8. The lowest BCUT2D eigenvalue weighted by molar-refractivity contribution is -0.136. The van der Waals surface area contributed by atoms with Crippen molar-refractivity contribution in [3.05, 3.63) is 0 Å². The molecule has 0 radical (unpaired) electrons. The number of hydrogen-bond donors (Lipinski definition) is 8. The molecule has 1 saturated carbocycles. The monoisotopic (exact) mass is 681 g/mol. The molecule has 0 heterocycles. The lowest BCUT2D eigenvalue weighted by Gasteiger charge is -2.44. The molecule has 0 aromatic rings. The highest BCUT2D eigenvalue weighted by molar-refractivity contribution is 5.97. The Kier molecular flexibility index (Phi) is 16.4. The highest BCUT2D eigenvalue weighted by Crippen LogP contribution is 2.32. The van der Waals surface area contributed by atoms with Gasteiger partial charge in [-0.05, 0) is 74.4 Å². The minimum Gasteiger partial charge on any atom is -0.354 e. The van der Waals surface area contributed by atoms with E-state index >= 15 is 0 Å². The second kappa shape index (κ2) is 18.9. The third kappa shape index (κ3) is 14.2. The van der Waals surface area contributed by atoms with E-state index in [1.807, 2.05) is 19.0 Å². The molecule has 48 heavy (non-hydrogen) atoms. The molecule has 1 aliphatic rings. The van der Waals surface area contributed by atoms with Crippen molar-refractivity contribution in [3.8, 4) is 0 Å². The van der Waals surface area contributed by atoms with Gasteiger partial charge in [0.05, 0.1) is 18.6 Å². The largest absolute Gasteiger partial charge is 0.354 e. The number of nitrogens with zero attached hydrogens (tertiary/aromatic N) is 1. The number of nitrogens with one attached hydrogen (secondary N) is 8. The van der Waals surface area contributed by atoms with Gasteiger partial charge in [0.1, 0.15) is 23.2 Å². The van der Waals surface area contributed by atoms with Gasteiger partial charge in [0, 0.05) is 19.5 Å². The number of amides is 8. The van der Waals surface area contributed by atoms with Crippen molar-refractivity contribution < 1.29 is 38.4 Å². The molecule has 2 atom stereocenters. The van der Waals surface area contributed by atoms with Gasteiger partial charge >= 0.3 is 0 Å². The Labute approximate surface area is 282 Å². The molecule has 272 valence electrons. The third-order valence-corrected chi connectivity index (χ3v) is 7.73. The van der Waals surface area contributed by atoms with Crippen LogP contribution in [0.25, 0.3) is 0 Å². The molecule has 0 aromatic heterocycles. The van der Waals surface area contributed by atoms with E-state index in [1.165, 1.54) is 34.6 Å². The molecule has 1 unspecified atom stereocenters. The average molecular weight is 682 g/mol. The first-order chi connectivity index (χ1) is 22.3. The molecule has 0 aromatic carbocycles. The van der Waals surface area contributed by atoms with Crippen molar-refractivity contribution in [2.75, 3.05) is 40.3 Å². The molecule has 1 rings (SSSR count). The first-order valence-corrected chi connectivity index (χ1v) is 16.2. The Balaban J connectivity index is 2.60. The molecular formula is C31H55N9O8. The molecule has 0 aliphatic heterocycles. The van der Waals surface area contributed by atoms with E-state index in [-0.39, 0.29) is 37.4 Å². The van der Waals surface area contributed by atoms with Gasteiger partial charge in [-0.3, -0.25) is 38.4 Å². The fraction of sp³-hybridized carbons (Fsp3) is 0.742. The van der Waals surface area contributed by atoms with E-state index in [0.717, 1.165) is 25.8 Å². The zero-order valence-electron chi connectivity index (χ0n) is 29.5. The van der Waals surface area contributed by atoms with Gasteiger partial charge < -0.3 is 47.4 Å². The molecular weight excluding hydrogens is 626 g/mol. The summed E-state index contributed by atoms with van der Waals surface area (Å²) in [5.74, 6) is -3.90. The molecule has 0 spiro atoms. The van der Waals surface area contributed by atoms with Crippen LogP contribution in [0.3, 0.4) is 0 Å². The summed E-state index contributed by atoms with van der Waals surface area (Å²) in [6.45, 7) is 9.03. The summed E-state index contributed by atoms with van der Waals surface area (Å²) in [5, 5.41) is 20.5. The maximum Gasteiger partial charge on any atom is 0.245 e. The highest BCUT2D eigenvalue weighted by atomic mass is 16.2. The number of likely N-dealkylation sites (N-methyl/N-ethyl adjacent to an activating group) is 1. The fourth-order valence-electron chi connectivity index (χ4n) is 5.00. The van der Waals surface area contributed by atoms with E-state index in [0.29, 0.717) is 12.8 Å². The summed E-state index contributed by atoms with van der Waals surface area (Å²) in [6, 6.07) is -1.99. The third-order valence-electron chi connectivity index (χ3n) is 7.73. The van der Waals surface area contributed by atoms with Crippen LogP contribution in [0.2, 0.25) is 0 Å². The van der Waals surface area contributed by atoms with Gasteiger partial charge in [-0.1, -0.05) is 13.3 Å². The van der Waals surface area contributed by atoms with E-state index in [2.05, 4.69) is 42.5 Å². The molecule has 0 saturated heterocycles. The summed E-state index contributed by atoms with van der Waals surface area (Å²) in [6.07, 6.45) is 4.05. The summed E-state index contributed by atoms with van der Waals surface area (Å²) < 4.78 is 0. The second-order valence-corrected chi connectivity index (χ2v) is 13.5. The summed E-state index contributed by atoms with van der Waals surface area (Å²) in [5.41, 5.74) is -3.10. The van der Waals surface area contributed by atoms with Crippen LogP contribution >= 0.6 is 0 Å². The minimum absolute atomic E-state index is 0.0892. The molecule has 17 nitrogen and oxygen atoms in total. The lowest BCUT2D eigenvalue weighted by Crippen LogP contribution is -2.62. The molecule has 1 fully saturated rings. The normalized spacial score (nSPS) is 15.0. The van der Waals surface area contributed by atoms with Gasteiger partial charge in [-0.15, -0.1) is 0 Å². The number of rotatable bonds is 21. The van der Waals surface area contributed by atoms with Crippen molar-refractivity contribution in [1.82, 2.24) is 47.4 Å². The van der Waals surface area contributed by atoms with Gasteiger partial charge in [0.25, 0.3) is 0 Å². The zero-order chi connectivity index (χ0) is 36.7. The summed E-state index contributed by atoms with van der Waals surface area (Å²) in [4.78, 5) is 101. The predicted molar refractivity (Wildman–Crippen MR) is 177 cm³/mol. The van der Waals surface area contributed by atoms with Crippen molar-refractivity contribution >= 4 is 47.8 Å². The highest BCUT2D eigenvalue weighted by Gasteiger charge is 2.39. The molecule has 1 aliphatic carbocycles. The van der Waals surface area contributed by atoms with Crippen LogP contribution in [-0.4, -0.2) is 122 Å². The Morgan fingerprint density at radius 1 is 0.812 bits per heavy atom. The molecule has 0 bridgehead atoms. The Morgan fingerprint density at radius 2 is 1.44 bits per heavy atom.